The Morgan fingerprint density at radius 2 is 2.00 bits per heavy atom. The van der Waals surface area contributed by atoms with Gasteiger partial charge >= 0.3 is 5.97 Å². The maximum atomic E-state index is 11.9. The molecule has 1 rings (SSSR count). The molecule has 0 N–H and O–H groups in total. The molecular formula is C14H14N2O2. The smallest absolute Gasteiger partial charge is 0.338 e. The Morgan fingerprint density at radius 3 is 2.61 bits per heavy atom. The standard InChI is InChI=1S/C14H14N2O2/c1-2-18-14(17)13-11(7-4-9-15)5-3-6-12(13)8-10-16/h3,5-6H,2,4,7-8H2,1H3. The van der Waals surface area contributed by atoms with Crippen molar-refractivity contribution in [1.82, 2.24) is 0 Å². The van der Waals surface area contributed by atoms with Crippen molar-refractivity contribution in [2.24, 2.45) is 0 Å². The van der Waals surface area contributed by atoms with E-state index in [2.05, 4.69) is 0 Å². The van der Waals surface area contributed by atoms with Crippen molar-refractivity contribution in [2.75, 3.05) is 6.61 Å². The van der Waals surface area contributed by atoms with E-state index in [9.17, 15) is 4.79 Å². The van der Waals surface area contributed by atoms with Gasteiger partial charge in [-0.05, 0) is 24.5 Å². The average Bonchev–Trinajstić information content (AvgIpc) is 2.37. The number of carbonyl (C=O) groups excluding carboxylic acids is 1. The summed E-state index contributed by atoms with van der Waals surface area (Å²) in [5.74, 6) is -0.420. The number of esters is 1. The Morgan fingerprint density at radius 1 is 1.28 bits per heavy atom. The van der Waals surface area contributed by atoms with Gasteiger partial charge in [-0.1, -0.05) is 18.2 Å². The van der Waals surface area contributed by atoms with Crippen LogP contribution in [0.5, 0.6) is 0 Å². The highest BCUT2D eigenvalue weighted by molar-refractivity contribution is 5.93. The number of hydrogen-bond donors (Lipinski definition) is 0. The number of ether oxygens (including phenoxy) is 1. The molecule has 0 amide bonds. The SMILES string of the molecule is CCOC(=O)c1c(CC#N)cccc1CCC#N. The second-order valence-electron chi connectivity index (χ2n) is 3.66. The number of carbonyl (C=O) groups is 1. The van der Waals surface area contributed by atoms with Crippen LogP contribution in [0, 0.1) is 22.7 Å². The van der Waals surface area contributed by atoms with Crippen molar-refractivity contribution in [1.29, 1.82) is 10.5 Å². The van der Waals surface area contributed by atoms with Gasteiger partial charge in [0.1, 0.15) is 0 Å². The van der Waals surface area contributed by atoms with Gasteiger partial charge in [-0.15, -0.1) is 0 Å². The molecule has 0 aromatic heterocycles. The van der Waals surface area contributed by atoms with E-state index in [0.29, 0.717) is 24.0 Å². The van der Waals surface area contributed by atoms with E-state index in [-0.39, 0.29) is 13.0 Å². The topological polar surface area (TPSA) is 73.9 Å². The van der Waals surface area contributed by atoms with Crippen LogP contribution in [0.4, 0.5) is 0 Å². The minimum absolute atomic E-state index is 0.161. The maximum absolute atomic E-state index is 11.9. The molecule has 92 valence electrons. The Labute approximate surface area is 106 Å². The highest BCUT2D eigenvalue weighted by Crippen LogP contribution is 2.18. The molecule has 0 unspecified atom stereocenters. The lowest BCUT2D eigenvalue weighted by Gasteiger charge is -2.11. The van der Waals surface area contributed by atoms with E-state index >= 15 is 0 Å². The summed E-state index contributed by atoms with van der Waals surface area (Å²) in [7, 11) is 0. The third kappa shape index (κ3) is 3.33. The van der Waals surface area contributed by atoms with Crippen LogP contribution >= 0.6 is 0 Å². The van der Waals surface area contributed by atoms with Gasteiger partial charge in [0.05, 0.1) is 30.7 Å². The summed E-state index contributed by atoms with van der Waals surface area (Å²) in [6.07, 6.45) is 0.987. The van der Waals surface area contributed by atoms with Crippen molar-refractivity contribution in [3.63, 3.8) is 0 Å². The Kier molecular flexibility index (Phi) is 5.41. The van der Waals surface area contributed by atoms with Gasteiger partial charge in [-0.3, -0.25) is 0 Å². The lowest BCUT2D eigenvalue weighted by atomic mass is 9.96. The third-order valence-electron chi connectivity index (χ3n) is 2.49. The molecular weight excluding hydrogens is 228 g/mol. The fraction of sp³-hybridized carbons (Fsp3) is 0.357. The molecule has 18 heavy (non-hydrogen) atoms. The number of hydrogen-bond acceptors (Lipinski definition) is 4. The molecule has 0 spiro atoms. The molecule has 0 atom stereocenters. The van der Waals surface area contributed by atoms with Gasteiger partial charge in [0.25, 0.3) is 0 Å². The normalized spacial score (nSPS) is 9.28. The first-order valence-corrected chi connectivity index (χ1v) is 5.76. The van der Waals surface area contributed by atoms with Crippen LogP contribution in [0.1, 0.15) is 34.8 Å². The average molecular weight is 242 g/mol. The largest absolute Gasteiger partial charge is 0.462 e. The number of rotatable bonds is 5. The first-order chi connectivity index (χ1) is 8.74. The first-order valence-electron chi connectivity index (χ1n) is 5.76. The summed E-state index contributed by atoms with van der Waals surface area (Å²) in [4.78, 5) is 11.9. The fourth-order valence-electron chi connectivity index (χ4n) is 1.75. The van der Waals surface area contributed by atoms with E-state index < -0.39 is 5.97 Å². The molecule has 0 saturated heterocycles. The van der Waals surface area contributed by atoms with Gasteiger partial charge in [-0.25, -0.2) is 4.79 Å². The molecule has 0 heterocycles. The molecule has 0 aliphatic heterocycles. The molecule has 0 saturated carbocycles. The van der Waals surface area contributed by atoms with E-state index in [0.717, 1.165) is 5.56 Å². The Hall–Kier alpha value is -2.33. The first kappa shape index (κ1) is 13.7. The lowest BCUT2D eigenvalue weighted by Crippen LogP contribution is -2.11. The molecule has 4 nitrogen and oxygen atoms in total. The summed E-state index contributed by atoms with van der Waals surface area (Å²) in [6, 6.07) is 9.41. The fourth-order valence-corrected chi connectivity index (χ4v) is 1.75. The molecule has 0 bridgehead atoms. The molecule has 0 fully saturated rings. The zero-order chi connectivity index (χ0) is 13.4. The molecule has 0 radical (unpaired) electrons. The van der Waals surface area contributed by atoms with Crippen LogP contribution in [0.2, 0.25) is 0 Å². The monoisotopic (exact) mass is 242 g/mol. The molecule has 0 aliphatic carbocycles. The minimum atomic E-state index is -0.420. The summed E-state index contributed by atoms with van der Waals surface area (Å²) in [6.45, 7) is 2.02. The molecule has 1 aromatic carbocycles. The predicted molar refractivity (Wildman–Crippen MR) is 65.6 cm³/mol. The molecule has 0 aliphatic rings. The van der Waals surface area contributed by atoms with Crippen molar-refractivity contribution in [3.05, 3.63) is 34.9 Å². The maximum Gasteiger partial charge on any atom is 0.338 e. The van der Waals surface area contributed by atoms with E-state index in [4.69, 9.17) is 15.3 Å². The minimum Gasteiger partial charge on any atom is -0.462 e. The van der Waals surface area contributed by atoms with Crippen molar-refractivity contribution in [2.45, 2.75) is 26.2 Å². The predicted octanol–water partition coefficient (Wildman–Crippen LogP) is 2.39. The van der Waals surface area contributed by atoms with Gasteiger partial charge in [-0.2, -0.15) is 10.5 Å². The quantitative estimate of drug-likeness (QED) is 0.743. The van der Waals surface area contributed by atoms with Gasteiger partial charge in [0.2, 0.25) is 0 Å². The molecule has 1 aromatic rings. The van der Waals surface area contributed by atoms with E-state index in [1.807, 2.05) is 12.1 Å². The summed E-state index contributed by atoms with van der Waals surface area (Å²) in [5, 5.41) is 17.4. The van der Waals surface area contributed by atoms with Crippen molar-refractivity contribution in [3.8, 4) is 12.1 Å². The Bertz CT molecular complexity index is 510. The second-order valence-corrected chi connectivity index (χ2v) is 3.66. The zero-order valence-corrected chi connectivity index (χ0v) is 10.3. The van der Waals surface area contributed by atoms with E-state index in [1.54, 1.807) is 25.1 Å². The number of nitriles is 2. The Balaban J connectivity index is 3.17. The van der Waals surface area contributed by atoms with Crippen LogP contribution in [-0.2, 0) is 17.6 Å². The summed E-state index contributed by atoms with van der Waals surface area (Å²) in [5.41, 5.74) is 1.87. The molecule has 4 heteroatoms. The summed E-state index contributed by atoms with van der Waals surface area (Å²) >= 11 is 0. The van der Waals surface area contributed by atoms with Crippen molar-refractivity contribution < 1.29 is 9.53 Å². The number of aryl methyl sites for hydroxylation is 1. The van der Waals surface area contributed by atoms with E-state index in [1.165, 1.54) is 0 Å². The zero-order valence-electron chi connectivity index (χ0n) is 10.3. The highest BCUT2D eigenvalue weighted by Gasteiger charge is 2.16. The van der Waals surface area contributed by atoms with Crippen LogP contribution in [0.3, 0.4) is 0 Å². The van der Waals surface area contributed by atoms with Crippen LogP contribution in [-0.4, -0.2) is 12.6 Å². The van der Waals surface area contributed by atoms with Gasteiger partial charge in [0, 0.05) is 6.42 Å². The number of benzene rings is 1. The van der Waals surface area contributed by atoms with Crippen LogP contribution in [0.25, 0.3) is 0 Å². The van der Waals surface area contributed by atoms with Gasteiger partial charge in [0.15, 0.2) is 0 Å². The summed E-state index contributed by atoms with van der Waals surface area (Å²) < 4.78 is 5.00. The second kappa shape index (κ2) is 7.09. The van der Waals surface area contributed by atoms with Crippen molar-refractivity contribution >= 4 is 5.97 Å². The number of nitrogens with zero attached hydrogens (tertiary/aromatic N) is 2. The van der Waals surface area contributed by atoms with Crippen LogP contribution in [0.15, 0.2) is 18.2 Å². The lowest BCUT2D eigenvalue weighted by molar-refractivity contribution is 0.0524. The van der Waals surface area contributed by atoms with Gasteiger partial charge < -0.3 is 4.74 Å². The van der Waals surface area contributed by atoms with Crippen LogP contribution < -0.4 is 0 Å². The highest BCUT2D eigenvalue weighted by atomic mass is 16.5. The third-order valence-corrected chi connectivity index (χ3v) is 2.49.